The summed E-state index contributed by atoms with van der Waals surface area (Å²) < 4.78 is 5.45. The van der Waals surface area contributed by atoms with Gasteiger partial charge in [-0.05, 0) is 31.0 Å². The second-order valence-corrected chi connectivity index (χ2v) is 6.33. The molecule has 2 heterocycles. The minimum atomic E-state index is -1.08. The summed E-state index contributed by atoms with van der Waals surface area (Å²) in [6.45, 7) is 3.88. The van der Waals surface area contributed by atoms with Crippen LogP contribution in [0, 0.1) is 5.92 Å². The highest BCUT2D eigenvalue weighted by Crippen LogP contribution is 2.39. The third kappa shape index (κ3) is 3.78. The van der Waals surface area contributed by atoms with Crippen LogP contribution in [0.15, 0.2) is 53.3 Å². The summed E-state index contributed by atoms with van der Waals surface area (Å²) >= 11 is 0. The summed E-state index contributed by atoms with van der Waals surface area (Å²) in [4.78, 5) is 28.4. The molecule has 7 nitrogen and oxygen atoms in total. The van der Waals surface area contributed by atoms with E-state index in [0.29, 0.717) is 35.2 Å². The van der Waals surface area contributed by atoms with Crippen LogP contribution in [0.3, 0.4) is 0 Å². The molecule has 144 valence electrons. The van der Waals surface area contributed by atoms with Gasteiger partial charge in [-0.2, -0.15) is 0 Å². The highest BCUT2D eigenvalue weighted by molar-refractivity contribution is 6.03. The number of carboxylic acids is 1. The monoisotopic (exact) mass is 379 g/mol. The van der Waals surface area contributed by atoms with E-state index in [1.165, 1.54) is 6.07 Å². The van der Waals surface area contributed by atoms with Gasteiger partial charge >= 0.3 is 5.97 Å². The van der Waals surface area contributed by atoms with Crippen molar-refractivity contribution in [1.82, 2.24) is 10.1 Å². The minimum Gasteiger partial charge on any atom is -0.478 e. The lowest BCUT2D eigenvalue weighted by Crippen LogP contribution is -2.21. The molecule has 0 saturated heterocycles. The lowest BCUT2D eigenvalue weighted by Gasteiger charge is -2.13. The van der Waals surface area contributed by atoms with Gasteiger partial charge in [0, 0.05) is 29.4 Å². The number of pyridine rings is 1. The molecule has 0 aliphatic carbocycles. The number of carbonyl (C=O) groups excluding carboxylic acids is 1. The van der Waals surface area contributed by atoms with E-state index in [2.05, 4.69) is 15.5 Å². The van der Waals surface area contributed by atoms with Crippen molar-refractivity contribution in [3.8, 4) is 22.4 Å². The van der Waals surface area contributed by atoms with Gasteiger partial charge in [-0.15, -0.1) is 0 Å². The van der Waals surface area contributed by atoms with Crippen molar-refractivity contribution in [3.63, 3.8) is 0 Å². The molecule has 1 aromatic carbocycles. The number of carbonyl (C=O) groups is 2. The molecule has 1 amide bonds. The Morgan fingerprint density at radius 1 is 1.14 bits per heavy atom. The van der Waals surface area contributed by atoms with Crippen LogP contribution < -0.4 is 5.32 Å². The molecule has 0 spiro atoms. The molecule has 28 heavy (non-hydrogen) atoms. The predicted molar refractivity (Wildman–Crippen MR) is 105 cm³/mol. The number of hydrogen-bond acceptors (Lipinski definition) is 5. The Hall–Kier alpha value is -3.48. The van der Waals surface area contributed by atoms with Crippen LogP contribution in [-0.4, -0.2) is 27.1 Å². The Labute approximate surface area is 162 Å². The molecule has 0 radical (unpaired) electrons. The quantitative estimate of drug-likeness (QED) is 0.627. The van der Waals surface area contributed by atoms with E-state index in [1.54, 1.807) is 42.7 Å². The lowest BCUT2D eigenvalue weighted by molar-refractivity contribution is -0.120. The van der Waals surface area contributed by atoms with Gasteiger partial charge in [0.05, 0.1) is 11.1 Å². The second kappa shape index (κ2) is 8.47. The van der Waals surface area contributed by atoms with E-state index < -0.39 is 5.97 Å². The zero-order valence-corrected chi connectivity index (χ0v) is 15.7. The van der Waals surface area contributed by atoms with Gasteiger partial charge in [-0.25, -0.2) is 4.79 Å². The number of amides is 1. The van der Waals surface area contributed by atoms with Crippen molar-refractivity contribution in [1.29, 1.82) is 0 Å². The fourth-order valence-corrected chi connectivity index (χ4v) is 3.09. The van der Waals surface area contributed by atoms with Gasteiger partial charge in [-0.3, -0.25) is 15.1 Å². The fourth-order valence-electron chi connectivity index (χ4n) is 3.09. The number of aromatic carboxylic acids is 1. The van der Waals surface area contributed by atoms with Crippen LogP contribution in [0.2, 0.25) is 0 Å². The Morgan fingerprint density at radius 3 is 2.54 bits per heavy atom. The summed E-state index contributed by atoms with van der Waals surface area (Å²) in [5.74, 6) is -1.31. The molecule has 0 bridgehead atoms. The van der Waals surface area contributed by atoms with E-state index in [-0.39, 0.29) is 23.3 Å². The van der Waals surface area contributed by atoms with Crippen LogP contribution >= 0.6 is 0 Å². The molecule has 0 saturated carbocycles. The summed E-state index contributed by atoms with van der Waals surface area (Å²) in [5, 5.41) is 16.5. The maximum absolute atomic E-state index is 12.6. The average molecular weight is 379 g/mol. The number of benzene rings is 1. The molecular weight excluding hydrogens is 358 g/mol. The van der Waals surface area contributed by atoms with Crippen molar-refractivity contribution in [2.24, 2.45) is 5.92 Å². The molecule has 2 aromatic heterocycles. The van der Waals surface area contributed by atoms with Crippen LogP contribution in [0.25, 0.3) is 22.4 Å². The predicted octanol–water partition coefficient (Wildman–Crippen LogP) is 4.48. The number of aromatic nitrogens is 2. The third-order valence-corrected chi connectivity index (χ3v) is 4.65. The van der Waals surface area contributed by atoms with Crippen LogP contribution in [-0.2, 0) is 4.79 Å². The van der Waals surface area contributed by atoms with Crippen LogP contribution in [0.1, 0.15) is 37.0 Å². The molecule has 0 fully saturated rings. The first-order chi connectivity index (χ1) is 13.6. The molecule has 0 aliphatic heterocycles. The largest absolute Gasteiger partial charge is 0.478 e. The number of nitrogens with one attached hydrogen (secondary N) is 1. The van der Waals surface area contributed by atoms with Crippen molar-refractivity contribution in [2.45, 2.75) is 26.7 Å². The number of nitrogens with zero attached hydrogens (tertiary/aromatic N) is 2. The van der Waals surface area contributed by atoms with E-state index in [9.17, 15) is 14.7 Å². The lowest BCUT2D eigenvalue weighted by atomic mass is 9.96. The van der Waals surface area contributed by atoms with E-state index in [4.69, 9.17) is 4.52 Å². The van der Waals surface area contributed by atoms with Crippen molar-refractivity contribution >= 4 is 17.8 Å². The molecule has 7 heteroatoms. The fraction of sp³-hybridized carbons (Fsp3) is 0.238. The highest BCUT2D eigenvalue weighted by atomic mass is 16.5. The maximum Gasteiger partial charge on any atom is 0.336 e. The number of rotatable bonds is 7. The molecule has 0 unspecified atom stereocenters. The average Bonchev–Trinajstić information content (AvgIpc) is 3.12. The van der Waals surface area contributed by atoms with Crippen molar-refractivity contribution in [2.75, 3.05) is 5.32 Å². The zero-order valence-electron chi connectivity index (χ0n) is 15.7. The van der Waals surface area contributed by atoms with Gasteiger partial charge < -0.3 is 9.63 Å². The molecule has 0 atom stereocenters. The maximum atomic E-state index is 12.6. The first kappa shape index (κ1) is 19.3. The smallest absolute Gasteiger partial charge is 0.336 e. The number of anilines is 1. The summed E-state index contributed by atoms with van der Waals surface area (Å²) in [6.07, 6.45) is 4.61. The van der Waals surface area contributed by atoms with E-state index in [1.807, 2.05) is 13.8 Å². The zero-order chi connectivity index (χ0) is 20.1. The van der Waals surface area contributed by atoms with Gasteiger partial charge in [0.25, 0.3) is 0 Å². The topological polar surface area (TPSA) is 105 Å². The first-order valence-corrected chi connectivity index (χ1v) is 9.10. The number of carboxylic acid groups (broad SMARTS) is 1. The normalized spacial score (nSPS) is 10.8. The van der Waals surface area contributed by atoms with Gasteiger partial charge in [0.15, 0.2) is 0 Å². The van der Waals surface area contributed by atoms with Crippen LogP contribution in [0.4, 0.5) is 5.88 Å². The van der Waals surface area contributed by atoms with Gasteiger partial charge in [0.2, 0.25) is 11.8 Å². The van der Waals surface area contributed by atoms with Crippen LogP contribution in [0.5, 0.6) is 0 Å². The Bertz CT molecular complexity index is 978. The Morgan fingerprint density at radius 2 is 1.89 bits per heavy atom. The third-order valence-electron chi connectivity index (χ3n) is 4.65. The second-order valence-electron chi connectivity index (χ2n) is 6.33. The molecule has 2 N–H and O–H groups in total. The minimum absolute atomic E-state index is 0.0915. The SMILES string of the molecule is CCC(CC)C(=O)Nc1onc(-c2cccnc2)c1-c1ccccc1C(=O)O. The van der Waals surface area contributed by atoms with Gasteiger partial charge in [0.1, 0.15) is 5.69 Å². The van der Waals surface area contributed by atoms with Crippen molar-refractivity contribution in [3.05, 3.63) is 54.4 Å². The van der Waals surface area contributed by atoms with Gasteiger partial charge in [-0.1, -0.05) is 37.2 Å². The van der Waals surface area contributed by atoms with E-state index in [0.717, 1.165) is 0 Å². The molecule has 0 aliphatic rings. The molecule has 3 aromatic rings. The molecule has 3 rings (SSSR count). The Kier molecular flexibility index (Phi) is 5.84. The highest BCUT2D eigenvalue weighted by Gasteiger charge is 2.26. The standard InChI is InChI=1S/C21H21N3O4/c1-3-13(4-2)19(25)23-20-17(15-9-5-6-10-16(15)21(26)27)18(24-28-20)14-8-7-11-22-12-14/h5-13H,3-4H2,1-2H3,(H,23,25)(H,26,27). The summed E-state index contributed by atoms with van der Waals surface area (Å²) in [7, 11) is 0. The number of hydrogen-bond donors (Lipinski definition) is 2. The van der Waals surface area contributed by atoms with E-state index >= 15 is 0 Å². The van der Waals surface area contributed by atoms with Crippen molar-refractivity contribution < 1.29 is 19.2 Å². The molecular formula is C21H21N3O4. The summed E-state index contributed by atoms with van der Waals surface area (Å²) in [6, 6.07) is 10.1. The summed E-state index contributed by atoms with van der Waals surface area (Å²) in [5.41, 5.74) is 2.00. The Balaban J connectivity index is 2.16. The first-order valence-electron chi connectivity index (χ1n) is 9.10.